The van der Waals surface area contributed by atoms with E-state index in [1.165, 1.54) is 0 Å². The van der Waals surface area contributed by atoms with E-state index in [1.807, 2.05) is 38.1 Å². The molecule has 5 aliphatic rings. The van der Waals surface area contributed by atoms with Crippen LogP contribution in [0.2, 0.25) is 0 Å². The van der Waals surface area contributed by atoms with E-state index in [0.717, 1.165) is 22.3 Å². The highest BCUT2D eigenvalue weighted by Gasteiger charge is 2.71. The Hall–Kier alpha value is -3.17. The summed E-state index contributed by atoms with van der Waals surface area (Å²) in [6, 6.07) is 7.27. The van der Waals surface area contributed by atoms with Crippen LogP contribution < -0.4 is 18.9 Å². The van der Waals surface area contributed by atoms with Gasteiger partial charge in [-0.3, -0.25) is 4.90 Å². The minimum atomic E-state index is -1.12. The zero-order chi connectivity index (χ0) is 22.7. The first-order chi connectivity index (χ1) is 15.9. The van der Waals surface area contributed by atoms with Gasteiger partial charge in [-0.2, -0.15) is 0 Å². The molecule has 1 aliphatic carbocycles. The Morgan fingerprint density at radius 3 is 2.52 bits per heavy atom. The van der Waals surface area contributed by atoms with Crippen LogP contribution in [-0.2, 0) is 26.4 Å². The molecule has 2 bridgehead atoms. The van der Waals surface area contributed by atoms with Crippen molar-refractivity contribution in [3.8, 4) is 23.0 Å². The Kier molecular flexibility index (Phi) is 3.53. The molecule has 0 N–H and O–H groups in total. The van der Waals surface area contributed by atoms with Gasteiger partial charge >= 0.3 is 6.09 Å². The lowest BCUT2D eigenvalue weighted by Crippen LogP contribution is -2.54. The number of carbonyl (C=O) groups is 1. The van der Waals surface area contributed by atoms with Crippen LogP contribution in [0.5, 0.6) is 23.0 Å². The number of amides is 1. The molecule has 9 nitrogen and oxygen atoms in total. The lowest BCUT2D eigenvalue weighted by molar-refractivity contribution is -0.173. The van der Waals surface area contributed by atoms with Gasteiger partial charge in [-0.15, -0.1) is 0 Å². The SMILES string of the molecule is COc1ccc2c(c1OC)CN1C(=O)O[C@]23[C@H]2OC(C)(C)O[C@H]2c2cc4c(cc2[C@@H]13)OCO4. The molecule has 4 aliphatic heterocycles. The molecule has 7 rings (SSSR count). The second-order valence-electron chi connectivity index (χ2n) is 9.33. The summed E-state index contributed by atoms with van der Waals surface area (Å²) >= 11 is 0. The van der Waals surface area contributed by atoms with Crippen molar-refractivity contribution in [3.05, 3.63) is 46.5 Å². The predicted molar refractivity (Wildman–Crippen MR) is 111 cm³/mol. The Morgan fingerprint density at radius 2 is 1.79 bits per heavy atom. The standard InChI is InChI=1S/C24H23NO8/c1-23(2)31-19-11-7-16-17(30-10-29-16)8-12(11)20-24(21(19)32-23)14-5-6-15(27-3)18(28-4)13(14)9-25(20)22(26)33-24/h5-8,19-21H,9-10H2,1-4H3/t19-,20+,21-,24+/m0/s1. The summed E-state index contributed by atoms with van der Waals surface area (Å²) in [5.74, 6) is 1.61. The third-order valence-corrected chi connectivity index (χ3v) is 7.30. The molecule has 0 unspecified atom stereocenters. The van der Waals surface area contributed by atoms with Crippen LogP contribution in [-0.4, -0.2) is 43.9 Å². The number of hydrogen-bond donors (Lipinski definition) is 0. The number of fused-ring (bicyclic) bond motifs is 5. The van der Waals surface area contributed by atoms with Crippen molar-refractivity contribution in [1.29, 1.82) is 0 Å². The maximum atomic E-state index is 13.3. The van der Waals surface area contributed by atoms with Gasteiger partial charge in [-0.05, 0) is 43.2 Å². The minimum Gasteiger partial charge on any atom is -0.493 e. The van der Waals surface area contributed by atoms with E-state index < -0.39 is 35.7 Å². The van der Waals surface area contributed by atoms with Crippen molar-refractivity contribution < 1.29 is 38.0 Å². The smallest absolute Gasteiger partial charge is 0.411 e. The number of hydrogen-bond acceptors (Lipinski definition) is 8. The third kappa shape index (κ3) is 2.21. The van der Waals surface area contributed by atoms with E-state index in [1.54, 1.807) is 19.1 Å². The minimum absolute atomic E-state index is 0.157. The lowest BCUT2D eigenvalue weighted by atomic mass is 9.66. The van der Waals surface area contributed by atoms with E-state index >= 15 is 0 Å². The lowest BCUT2D eigenvalue weighted by Gasteiger charge is -2.48. The van der Waals surface area contributed by atoms with Crippen LogP contribution in [0.3, 0.4) is 0 Å². The highest BCUT2D eigenvalue weighted by atomic mass is 16.8. The van der Waals surface area contributed by atoms with Gasteiger partial charge in [-0.25, -0.2) is 4.79 Å². The summed E-state index contributed by atoms with van der Waals surface area (Å²) in [5, 5.41) is 0. The molecule has 0 aromatic heterocycles. The van der Waals surface area contributed by atoms with Gasteiger partial charge in [0.2, 0.25) is 6.79 Å². The topological polar surface area (TPSA) is 84.9 Å². The molecule has 2 aromatic rings. The van der Waals surface area contributed by atoms with Gasteiger partial charge < -0.3 is 33.2 Å². The maximum Gasteiger partial charge on any atom is 0.411 e. The summed E-state index contributed by atoms with van der Waals surface area (Å²) in [4.78, 5) is 15.0. The summed E-state index contributed by atoms with van der Waals surface area (Å²) in [5.41, 5.74) is 2.39. The highest BCUT2D eigenvalue weighted by molar-refractivity contribution is 5.77. The van der Waals surface area contributed by atoms with Crippen LogP contribution in [0.15, 0.2) is 24.3 Å². The normalized spacial score (nSPS) is 31.3. The number of nitrogens with zero attached hydrogens (tertiary/aromatic N) is 1. The molecular formula is C24H23NO8. The Bertz CT molecular complexity index is 1230. The molecule has 9 heteroatoms. The Morgan fingerprint density at radius 1 is 1.03 bits per heavy atom. The third-order valence-electron chi connectivity index (χ3n) is 7.30. The average Bonchev–Trinajstić information content (AvgIpc) is 3.44. The van der Waals surface area contributed by atoms with E-state index in [9.17, 15) is 4.79 Å². The number of carbonyl (C=O) groups excluding carboxylic acids is 1. The zero-order valence-corrected chi connectivity index (χ0v) is 18.7. The molecule has 172 valence electrons. The molecule has 2 aromatic carbocycles. The second-order valence-corrected chi connectivity index (χ2v) is 9.33. The molecular weight excluding hydrogens is 430 g/mol. The molecule has 2 fully saturated rings. The van der Waals surface area contributed by atoms with Crippen molar-refractivity contribution in [1.82, 2.24) is 4.90 Å². The molecule has 4 heterocycles. The summed E-state index contributed by atoms with van der Waals surface area (Å²) in [6.45, 7) is 4.22. The van der Waals surface area contributed by atoms with Crippen molar-refractivity contribution >= 4 is 6.09 Å². The van der Waals surface area contributed by atoms with Gasteiger partial charge in [0.25, 0.3) is 0 Å². The largest absolute Gasteiger partial charge is 0.493 e. The van der Waals surface area contributed by atoms with E-state index in [2.05, 4.69) is 0 Å². The number of benzene rings is 2. The van der Waals surface area contributed by atoms with Crippen LogP contribution in [0, 0.1) is 0 Å². The fourth-order valence-corrected chi connectivity index (χ4v) is 6.16. The van der Waals surface area contributed by atoms with Gasteiger partial charge in [-0.1, -0.05) is 6.07 Å². The van der Waals surface area contributed by atoms with E-state index in [0.29, 0.717) is 29.5 Å². The van der Waals surface area contributed by atoms with Crippen molar-refractivity contribution in [2.75, 3.05) is 21.0 Å². The number of rotatable bonds is 2. The van der Waals surface area contributed by atoms with Crippen LogP contribution >= 0.6 is 0 Å². The van der Waals surface area contributed by atoms with Crippen LogP contribution in [0.1, 0.15) is 48.2 Å². The number of methoxy groups -OCH3 is 2. The fraction of sp³-hybridized carbons (Fsp3) is 0.458. The molecule has 4 atom stereocenters. The van der Waals surface area contributed by atoms with Crippen LogP contribution in [0.25, 0.3) is 0 Å². The predicted octanol–water partition coefficient (Wildman–Crippen LogP) is 3.54. The Labute approximate surface area is 190 Å². The number of ether oxygens (including phenoxy) is 7. The molecule has 0 saturated carbocycles. The van der Waals surface area contributed by atoms with Gasteiger partial charge in [0.1, 0.15) is 18.2 Å². The average molecular weight is 453 g/mol. The van der Waals surface area contributed by atoms with Crippen molar-refractivity contribution in [3.63, 3.8) is 0 Å². The molecule has 33 heavy (non-hydrogen) atoms. The van der Waals surface area contributed by atoms with Gasteiger partial charge in [0.15, 0.2) is 34.4 Å². The van der Waals surface area contributed by atoms with Crippen molar-refractivity contribution in [2.24, 2.45) is 0 Å². The quantitative estimate of drug-likeness (QED) is 0.683. The molecule has 0 radical (unpaired) electrons. The first-order valence-corrected chi connectivity index (χ1v) is 10.9. The highest BCUT2D eigenvalue weighted by Crippen LogP contribution is 2.66. The van der Waals surface area contributed by atoms with E-state index in [4.69, 9.17) is 33.2 Å². The van der Waals surface area contributed by atoms with Gasteiger partial charge in [0, 0.05) is 11.1 Å². The molecule has 2 saturated heterocycles. The monoisotopic (exact) mass is 453 g/mol. The molecule has 1 amide bonds. The van der Waals surface area contributed by atoms with E-state index in [-0.39, 0.29) is 6.79 Å². The summed E-state index contributed by atoms with van der Waals surface area (Å²) in [7, 11) is 3.19. The summed E-state index contributed by atoms with van der Waals surface area (Å²) < 4.78 is 41.7. The zero-order valence-electron chi connectivity index (χ0n) is 18.7. The van der Waals surface area contributed by atoms with Crippen LogP contribution in [0.4, 0.5) is 4.79 Å². The van der Waals surface area contributed by atoms with Gasteiger partial charge in [0.05, 0.1) is 20.8 Å². The summed E-state index contributed by atoms with van der Waals surface area (Å²) in [6.07, 6.45) is -1.45. The maximum absolute atomic E-state index is 13.3. The van der Waals surface area contributed by atoms with Crippen molar-refractivity contribution in [2.45, 2.75) is 50.0 Å². The first-order valence-electron chi connectivity index (χ1n) is 10.9. The fourth-order valence-electron chi connectivity index (χ4n) is 6.16. The first kappa shape index (κ1) is 19.3. The Balaban J connectivity index is 1.54. The molecule has 0 spiro atoms. The second kappa shape index (κ2) is 6.03.